The van der Waals surface area contributed by atoms with Crippen LogP contribution >= 0.6 is 11.6 Å². The second-order valence-electron chi connectivity index (χ2n) is 3.03. The Hall–Kier alpha value is -1.22. The molecule has 0 aromatic heterocycles. The summed E-state index contributed by atoms with van der Waals surface area (Å²) in [5.74, 6) is -0.328. The Morgan fingerprint density at radius 2 is 2.21 bits per heavy atom. The summed E-state index contributed by atoms with van der Waals surface area (Å²) in [6.07, 6.45) is -0.347. The van der Waals surface area contributed by atoms with Gasteiger partial charge in [-0.15, -0.1) is 0 Å². The largest absolute Gasteiger partial charge is 0.458 e. The molecule has 2 N–H and O–H groups in total. The molecule has 0 aliphatic carbocycles. The minimum Gasteiger partial charge on any atom is -0.458 e. The van der Waals surface area contributed by atoms with Gasteiger partial charge in [0, 0.05) is 23.2 Å². The molecule has 1 rings (SSSR count). The molecule has 4 heteroatoms. The number of halogens is 1. The molecule has 76 valence electrons. The second-order valence-corrected chi connectivity index (χ2v) is 3.44. The van der Waals surface area contributed by atoms with Crippen molar-refractivity contribution in [2.24, 2.45) is 0 Å². The molecule has 1 aromatic rings. The third kappa shape index (κ3) is 2.64. The van der Waals surface area contributed by atoms with E-state index in [9.17, 15) is 4.79 Å². The second kappa shape index (κ2) is 4.33. The fraction of sp³-hybridized carbons (Fsp3) is 0.300. The molecule has 0 aliphatic heterocycles. The van der Waals surface area contributed by atoms with Crippen molar-refractivity contribution < 1.29 is 9.53 Å². The summed E-state index contributed by atoms with van der Waals surface area (Å²) >= 11 is 5.94. The number of nitrogens with two attached hydrogens (primary N) is 1. The van der Waals surface area contributed by atoms with Gasteiger partial charge in [-0.25, -0.2) is 0 Å². The van der Waals surface area contributed by atoms with Gasteiger partial charge in [-0.1, -0.05) is 17.7 Å². The maximum Gasteiger partial charge on any atom is 0.303 e. The molecular weight excluding hydrogens is 202 g/mol. The number of carbonyl (C=O) groups is 1. The van der Waals surface area contributed by atoms with E-state index >= 15 is 0 Å². The maximum absolute atomic E-state index is 10.7. The monoisotopic (exact) mass is 213 g/mol. The van der Waals surface area contributed by atoms with Gasteiger partial charge < -0.3 is 10.5 Å². The van der Waals surface area contributed by atoms with Crippen molar-refractivity contribution in [2.75, 3.05) is 5.73 Å². The van der Waals surface area contributed by atoms with Crippen LogP contribution in [0.25, 0.3) is 0 Å². The van der Waals surface area contributed by atoms with Crippen LogP contribution in [0.2, 0.25) is 5.02 Å². The van der Waals surface area contributed by atoms with Crippen LogP contribution in [0.1, 0.15) is 25.5 Å². The summed E-state index contributed by atoms with van der Waals surface area (Å²) in [7, 11) is 0. The molecule has 0 spiro atoms. The van der Waals surface area contributed by atoms with Crippen LogP contribution in [0.15, 0.2) is 18.2 Å². The number of esters is 1. The third-order valence-corrected chi connectivity index (χ3v) is 2.13. The zero-order chi connectivity index (χ0) is 10.7. The predicted octanol–water partition coefficient (Wildman–Crippen LogP) is 2.55. The van der Waals surface area contributed by atoms with Gasteiger partial charge in [-0.2, -0.15) is 0 Å². The molecule has 0 radical (unpaired) electrons. The molecule has 0 amide bonds. The standard InChI is InChI=1S/C10H12ClNO2/c1-6(14-7(2)13)9-4-3-8(12)5-10(9)11/h3-6H,12H2,1-2H3. The van der Waals surface area contributed by atoms with E-state index < -0.39 is 0 Å². The van der Waals surface area contributed by atoms with E-state index in [2.05, 4.69) is 0 Å². The molecule has 1 aromatic carbocycles. The molecule has 0 heterocycles. The fourth-order valence-corrected chi connectivity index (χ4v) is 1.53. The summed E-state index contributed by atoms with van der Waals surface area (Å²) in [5.41, 5.74) is 6.89. The van der Waals surface area contributed by atoms with E-state index in [1.165, 1.54) is 6.92 Å². The van der Waals surface area contributed by atoms with E-state index in [1.807, 2.05) is 0 Å². The summed E-state index contributed by atoms with van der Waals surface area (Å²) in [6, 6.07) is 5.11. The molecular formula is C10H12ClNO2. The number of carbonyl (C=O) groups excluding carboxylic acids is 1. The number of ether oxygens (including phenoxy) is 1. The quantitative estimate of drug-likeness (QED) is 0.607. The summed E-state index contributed by atoms with van der Waals surface area (Å²) < 4.78 is 4.99. The summed E-state index contributed by atoms with van der Waals surface area (Å²) in [4.78, 5) is 10.7. The zero-order valence-corrected chi connectivity index (χ0v) is 8.84. The molecule has 1 atom stereocenters. The van der Waals surface area contributed by atoms with Gasteiger partial charge in [0.1, 0.15) is 6.10 Å². The van der Waals surface area contributed by atoms with Gasteiger partial charge in [0.05, 0.1) is 0 Å². The van der Waals surface area contributed by atoms with E-state index in [0.717, 1.165) is 5.56 Å². The minimum absolute atomic E-state index is 0.328. The Morgan fingerprint density at radius 1 is 1.57 bits per heavy atom. The molecule has 0 aliphatic rings. The van der Waals surface area contributed by atoms with Crippen LogP contribution in [0.4, 0.5) is 5.69 Å². The Kier molecular flexibility index (Phi) is 3.36. The summed E-state index contributed by atoms with van der Waals surface area (Å²) in [5, 5.41) is 0.513. The number of anilines is 1. The van der Waals surface area contributed by atoms with Crippen molar-refractivity contribution in [3.63, 3.8) is 0 Å². The Morgan fingerprint density at radius 3 is 2.71 bits per heavy atom. The topological polar surface area (TPSA) is 52.3 Å². The van der Waals surface area contributed by atoms with Gasteiger partial charge >= 0.3 is 5.97 Å². The number of hydrogen-bond donors (Lipinski definition) is 1. The first-order chi connectivity index (χ1) is 6.50. The first kappa shape index (κ1) is 10.9. The highest BCUT2D eigenvalue weighted by molar-refractivity contribution is 6.31. The van der Waals surface area contributed by atoms with Crippen LogP contribution in [0, 0.1) is 0 Å². The third-order valence-electron chi connectivity index (χ3n) is 1.81. The molecule has 14 heavy (non-hydrogen) atoms. The molecule has 0 saturated carbocycles. The average molecular weight is 214 g/mol. The number of benzene rings is 1. The number of nitrogen functional groups attached to an aromatic ring is 1. The van der Waals surface area contributed by atoms with E-state index in [4.69, 9.17) is 22.1 Å². The highest BCUT2D eigenvalue weighted by atomic mass is 35.5. The van der Waals surface area contributed by atoms with Gasteiger partial charge in [0.15, 0.2) is 0 Å². The molecule has 0 bridgehead atoms. The highest BCUT2D eigenvalue weighted by Crippen LogP contribution is 2.27. The smallest absolute Gasteiger partial charge is 0.303 e. The lowest BCUT2D eigenvalue weighted by Gasteiger charge is -2.13. The lowest BCUT2D eigenvalue weighted by atomic mass is 10.1. The van der Waals surface area contributed by atoms with Gasteiger partial charge in [0.2, 0.25) is 0 Å². The molecule has 1 unspecified atom stereocenters. The van der Waals surface area contributed by atoms with Crippen LogP contribution in [-0.4, -0.2) is 5.97 Å². The van der Waals surface area contributed by atoms with Crippen molar-refractivity contribution >= 4 is 23.3 Å². The molecule has 0 fully saturated rings. The van der Waals surface area contributed by atoms with E-state index in [0.29, 0.717) is 10.7 Å². The Bertz CT molecular complexity index is 352. The van der Waals surface area contributed by atoms with E-state index in [1.54, 1.807) is 25.1 Å². The first-order valence-electron chi connectivity index (χ1n) is 4.23. The van der Waals surface area contributed by atoms with Crippen molar-refractivity contribution in [3.05, 3.63) is 28.8 Å². The van der Waals surface area contributed by atoms with Crippen molar-refractivity contribution in [2.45, 2.75) is 20.0 Å². The van der Waals surface area contributed by atoms with E-state index in [-0.39, 0.29) is 12.1 Å². The summed E-state index contributed by atoms with van der Waals surface area (Å²) in [6.45, 7) is 3.13. The highest BCUT2D eigenvalue weighted by Gasteiger charge is 2.12. The van der Waals surface area contributed by atoms with Gasteiger partial charge in [0.25, 0.3) is 0 Å². The number of hydrogen-bond acceptors (Lipinski definition) is 3. The SMILES string of the molecule is CC(=O)OC(C)c1ccc(N)cc1Cl. The lowest BCUT2D eigenvalue weighted by molar-refractivity contribution is -0.145. The van der Waals surface area contributed by atoms with Crippen molar-refractivity contribution in [3.8, 4) is 0 Å². The van der Waals surface area contributed by atoms with Crippen LogP contribution < -0.4 is 5.73 Å². The molecule has 3 nitrogen and oxygen atoms in total. The minimum atomic E-state index is -0.347. The first-order valence-corrected chi connectivity index (χ1v) is 4.60. The predicted molar refractivity (Wildman–Crippen MR) is 56.0 cm³/mol. The lowest BCUT2D eigenvalue weighted by Crippen LogP contribution is -2.05. The van der Waals surface area contributed by atoms with Crippen LogP contribution in [-0.2, 0) is 9.53 Å². The van der Waals surface area contributed by atoms with Crippen LogP contribution in [0.3, 0.4) is 0 Å². The van der Waals surface area contributed by atoms with Crippen LogP contribution in [0.5, 0.6) is 0 Å². The molecule has 0 saturated heterocycles. The maximum atomic E-state index is 10.7. The van der Waals surface area contributed by atoms with Crippen molar-refractivity contribution in [1.82, 2.24) is 0 Å². The average Bonchev–Trinajstić information content (AvgIpc) is 2.01. The van der Waals surface area contributed by atoms with Crippen molar-refractivity contribution in [1.29, 1.82) is 0 Å². The zero-order valence-electron chi connectivity index (χ0n) is 8.08. The van der Waals surface area contributed by atoms with Gasteiger partial charge in [-0.3, -0.25) is 4.79 Å². The Balaban J connectivity index is 2.90. The Labute approximate surface area is 87.8 Å². The fourth-order valence-electron chi connectivity index (χ4n) is 1.19. The van der Waals surface area contributed by atoms with Gasteiger partial charge in [-0.05, 0) is 19.1 Å². The number of rotatable bonds is 2. The normalized spacial score (nSPS) is 12.2.